The van der Waals surface area contributed by atoms with Crippen LogP contribution >= 0.6 is 0 Å². The molecule has 6 rings (SSSR count). The molecule has 1 aliphatic heterocycles. The molecule has 0 bridgehead atoms. The lowest BCUT2D eigenvalue weighted by Gasteiger charge is -2.37. The Balaban J connectivity index is 1.45. The largest absolute Gasteiger partial charge is 0.511 e. The second kappa shape index (κ2) is 10.5. The van der Waals surface area contributed by atoms with Gasteiger partial charge in [-0.15, -0.1) is 5.10 Å². The zero-order valence-corrected chi connectivity index (χ0v) is 21.4. The van der Waals surface area contributed by atoms with E-state index in [1.54, 1.807) is 27.7 Å². The third-order valence-electron chi connectivity index (χ3n) is 7.03. The van der Waals surface area contributed by atoms with Crippen LogP contribution in [-0.4, -0.2) is 57.0 Å². The van der Waals surface area contributed by atoms with Crippen LogP contribution in [0.3, 0.4) is 0 Å². The van der Waals surface area contributed by atoms with Gasteiger partial charge >= 0.3 is 6.16 Å². The maximum atomic E-state index is 15.6. The number of aromatic nitrogens is 4. The summed E-state index contributed by atoms with van der Waals surface area (Å²) in [7, 11) is 0. The number of fused-ring (bicyclic) bond motifs is 1. The van der Waals surface area contributed by atoms with Crippen LogP contribution in [0.2, 0.25) is 0 Å². The fourth-order valence-electron chi connectivity index (χ4n) is 5.13. The van der Waals surface area contributed by atoms with Crippen LogP contribution in [0.5, 0.6) is 5.75 Å². The number of nitrogens with zero attached hydrogens (tertiary/aromatic N) is 6. The van der Waals surface area contributed by atoms with Crippen LogP contribution < -0.4 is 20.0 Å². The maximum Gasteiger partial charge on any atom is 0.511 e. The molecule has 0 atom stereocenters. The molecule has 1 N–H and O–H groups in total. The molecule has 1 saturated heterocycles. The molecule has 11 heteroatoms. The van der Waals surface area contributed by atoms with E-state index in [1.807, 2.05) is 47.4 Å². The summed E-state index contributed by atoms with van der Waals surface area (Å²) in [6.07, 6.45) is 3.01. The number of halogens is 1. The molecule has 0 aliphatic carbocycles. The van der Waals surface area contributed by atoms with E-state index in [9.17, 15) is 14.7 Å². The standard InChI is InChI=1S/C29H25FN6O4/c30-23-16-22-25(17-26(23)34-14-12-33(13-15-34)21-7-2-1-3-8-21)36(19-27(28(22)37)40-29(38)39)24-9-5-4-6-20(24)18-35-11-10-31-32-35/h1-11,16-17,19H,12-15,18H2,(H,38,39). The Morgan fingerprint density at radius 2 is 1.68 bits per heavy atom. The van der Waals surface area contributed by atoms with Crippen molar-refractivity contribution in [3.63, 3.8) is 0 Å². The van der Waals surface area contributed by atoms with Crippen molar-refractivity contribution in [2.75, 3.05) is 36.0 Å². The lowest BCUT2D eigenvalue weighted by atomic mass is 10.1. The van der Waals surface area contributed by atoms with Crippen LogP contribution in [0.1, 0.15) is 5.56 Å². The molecule has 0 unspecified atom stereocenters. The summed E-state index contributed by atoms with van der Waals surface area (Å²) < 4.78 is 23.7. The fourth-order valence-corrected chi connectivity index (χ4v) is 5.13. The summed E-state index contributed by atoms with van der Waals surface area (Å²) >= 11 is 0. The third kappa shape index (κ3) is 4.84. The molecule has 40 heavy (non-hydrogen) atoms. The number of hydrogen-bond acceptors (Lipinski definition) is 7. The van der Waals surface area contributed by atoms with E-state index in [4.69, 9.17) is 4.74 Å². The van der Waals surface area contributed by atoms with Gasteiger partial charge in [0.1, 0.15) is 5.82 Å². The van der Waals surface area contributed by atoms with Crippen molar-refractivity contribution in [3.05, 3.63) is 107 Å². The Hall–Kier alpha value is -5.19. The van der Waals surface area contributed by atoms with Gasteiger partial charge in [-0.2, -0.15) is 0 Å². The SMILES string of the molecule is O=C(O)Oc1cn(-c2ccccc2Cn2ccnn2)c2cc(N3CCN(c4ccccc4)CC3)c(F)cc2c1=O. The molecule has 202 valence electrons. The van der Waals surface area contributed by atoms with Crippen molar-refractivity contribution >= 4 is 28.4 Å². The zero-order valence-electron chi connectivity index (χ0n) is 21.4. The second-order valence-corrected chi connectivity index (χ2v) is 9.42. The van der Waals surface area contributed by atoms with E-state index in [-0.39, 0.29) is 5.39 Å². The van der Waals surface area contributed by atoms with Crippen LogP contribution in [0.15, 0.2) is 90.1 Å². The minimum atomic E-state index is -1.63. The molecule has 0 amide bonds. The first-order chi connectivity index (χ1) is 19.5. The van der Waals surface area contributed by atoms with Gasteiger partial charge in [0.05, 0.1) is 41.2 Å². The molecule has 1 fully saturated rings. The summed E-state index contributed by atoms with van der Waals surface area (Å²) in [6, 6.07) is 20.3. The number of rotatable bonds is 6. The predicted octanol–water partition coefficient (Wildman–Crippen LogP) is 4.15. The minimum Gasteiger partial charge on any atom is -0.449 e. The number of para-hydroxylation sites is 2. The van der Waals surface area contributed by atoms with Gasteiger partial charge in [0.15, 0.2) is 5.75 Å². The van der Waals surface area contributed by atoms with Gasteiger partial charge in [-0.1, -0.05) is 41.6 Å². The minimum absolute atomic E-state index is 0.0125. The summed E-state index contributed by atoms with van der Waals surface area (Å²) in [5, 5.41) is 17.2. The third-order valence-corrected chi connectivity index (χ3v) is 7.03. The molecular formula is C29H25FN6O4. The van der Waals surface area contributed by atoms with E-state index in [0.29, 0.717) is 49.6 Å². The number of benzene rings is 3. The van der Waals surface area contributed by atoms with Gasteiger partial charge in [-0.3, -0.25) is 4.79 Å². The molecule has 2 aromatic heterocycles. The molecule has 5 aromatic rings. The molecule has 0 spiro atoms. The van der Waals surface area contributed by atoms with Crippen molar-refractivity contribution in [2.45, 2.75) is 6.54 Å². The van der Waals surface area contributed by atoms with Gasteiger partial charge in [-0.25, -0.2) is 13.9 Å². The fraction of sp³-hybridized carbons (Fsp3) is 0.172. The highest BCUT2D eigenvalue weighted by Gasteiger charge is 2.23. The summed E-state index contributed by atoms with van der Waals surface area (Å²) in [5.74, 6) is -0.980. The molecule has 3 aromatic carbocycles. The van der Waals surface area contributed by atoms with Crippen molar-refractivity contribution in [2.24, 2.45) is 0 Å². The lowest BCUT2D eigenvalue weighted by molar-refractivity contribution is 0.144. The van der Waals surface area contributed by atoms with Gasteiger partial charge in [0.25, 0.3) is 0 Å². The molecule has 0 radical (unpaired) electrons. The molecule has 1 aliphatic rings. The zero-order chi connectivity index (χ0) is 27.6. The Bertz CT molecular complexity index is 1730. The van der Waals surface area contributed by atoms with Gasteiger partial charge in [-0.05, 0) is 35.9 Å². The van der Waals surface area contributed by atoms with E-state index in [2.05, 4.69) is 27.3 Å². The summed E-state index contributed by atoms with van der Waals surface area (Å²) in [4.78, 5) is 28.8. The first kappa shape index (κ1) is 25.1. The number of anilines is 2. The van der Waals surface area contributed by atoms with Crippen LogP contribution in [0.4, 0.5) is 20.6 Å². The van der Waals surface area contributed by atoms with Gasteiger partial charge < -0.3 is 24.2 Å². The topological polar surface area (TPSA) is 106 Å². The summed E-state index contributed by atoms with van der Waals surface area (Å²) in [6.45, 7) is 2.96. The normalized spacial score (nSPS) is 13.5. The van der Waals surface area contributed by atoms with Crippen LogP contribution in [0, 0.1) is 5.82 Å². The van der Waals surface area contributed by atoms with Gasteiger partial charge in [0, 0.05) is 38.1 Å². The van der Waals surface area contributed by atoms with Gasteiger partial charge in [0.2, 0.25) is 5.43 Å². The van der Waals surface area contributed by atoms with Crippen molar-refractivity contribution in [1.29, 1.82) is 0 Å². The van der Waals surface area contributed by atoms with E-state index < -0.39 is 23.2 Å². The quantitative estimate of drug-likeness (QED) is 0.320. The smallest absolute Gasteiger partial charge is 0.449 e. The molecule has 10 nitrogen and oxygen atoms in total. The highest BCUT2D eigenvalue weighted by molar-refractivity contribution is 5.86. The molecule has 3 heterocycles. The number of carboxylic acid groups (broad SMARTS) is 1. The van der Waals surface area contributed by atoms with Crippen LogP contribution in [0.25, 0.3) is 16.6 Å². The monoisotopic (exact) mass is 540 g/mol. The molecule has 0 saturated carbocycles. The number of hydrogen-bond donors (Lipinski definition) is 1. The van der Waals surface area contributed by atoms with Crippen molar-refractivity contribution in [1.82, 2.24) is 19.6 Å². The maximum absolute atomic E-state index is 15.6. The number of piperazine rings is 1. The van der Waals surface area contributed by atoms with E-state index >= 15 is 4.39 Å². The predicted molar refractivity (Wildman–Crippen MR) is 148 cm³/mol. The highest BCUT2D eigenvalue weighted by Crippen LogP contribution is 2.30. The first-order valence-electron chi connectivity index (χ1n) is 12.7. The molecular weight excluding hydrogens is 515 g/mol. The van der Waals surface area contributed by atoms with E-state index in [0.717, 1.165) is 11.3 Å². The van der Waals surface area contributed by atoms with Crippen LogP contribution in [-0.2, 0) is 6.54 Å². The number of ether oxygens (including phenoxy) is 1. The summed E-state index contributed by atoms with van der Waals surface area (Å²) in [5.41, 5.74) is 2.68. The average molecular weight is 541 g/mol. The number of pyridine rings is 1. The number of carbonyl (C=O) groups is 1. The highest BCUT2D eigenvalue weighted by atomic mass is 19.1. The Morgan fingerprint density at radius 3 is 2.40 bits per heavy atom. The Labute approximate surface area is 228 Å². The van der Waals surface area contributed by atoms with E-state index in [1.165, 1.54) is 12.3 Å². The second-order valence-electron chi connectivity index (χ2n) is 9.42. The average Bonchev–Trinajstić information content (AvgIpc) is 3.48. The Kier molecular flexibility index (Phi) is 6.61. The first-order valence-corrected chi connectivity index (χ1v) is 12.7. The Morgan fingerprint density at radius 1 is 0.950 bits per heavy atom. The lowest BCUT2D eigenvalue weighted by Crippen LogP contribution is -2.46. The van der Waals surface area contributed by atoms with Crippen molar-refractivity contribution in [3.8, 4) is 11.4 Å². The van der Waals surface area contributed by atoms with Crippen molar-refractivity contribution < 1.29 is 19.0 Å².